The van der Waals surface area contributed by atoms with Crippen molar-refractivity contribution in [3.05, 3.63) is 11.8 Å². The molecule has 0 bridgehead atoms. The highest BCUT2D eigenvalue weighted by atomic mass is 127. The van der Waals surface area contributed by atoms with Crippen LogP contribution in [0.2, 0.25) is 0 Å². The molecule has 0 aliphatic heterocycles. The van der Waals surface area contributed by atoms with E-state index in [2.05, 4.69) is 9.72 Å². The monoisotopic (exact) mass is 341 g/mol. The molecule has 1 heterocycles. The lowest BCUT2D eigenvalue weighted by molar-refractivity contribution is -0.713. The van der Waals surface area contributed by atoms with Crippen LogP contribution in [0.5, 0.6) is 0 Å². The number of nitrogen functional groups attached to an aromatic ring is 1. The summed E-state index contributed by atoms with van der Waals surface area (Å²) in [6.45, 7) is 0. The van der Waals surface area contributed by atoms with E-state index < -0.39 is 5.97 Å². The fourth-order valence-corrected chi connectivity index (χ4v) is 1.54. The lowest BCUT2D eigenvalue weighted by Crippen LogP contribution is -3.00. The zero-order valence-electron chi connectivity index (χ0n) is 8.65. The second kappa shape index (κ2) is 6.11. The third-order valence-corrected chi connectivity index (χ3v) is 2.45. The number of hydrogen-bond acceptors (Lipinski definition) is 5. The van der Waals surface area contributed by atoms with Crippen molar-refractivity contribution in [1.82, 2.24) is 4.98 Å². The highest BCUT2D eigenvalue weighted by Crippen LogP contribution is 2.12. The smallest absolute Gasteiger partial charge is 0.361 e. The number of ether oxygens (including phenoxy) is 1. The largest absolute Gasteiger partial charge is 1.00 e. The Balaban J connectivity index is 0.00000196. The topological polar surface area (TPSA) is 69.1 Å². The van der Waals surface area contributed by atoms with E-state index in [9.17, 15) is 4.79 Å². The molecule has 0 unspecified atom stereocenters. The molecule has 0 aliphatic carbocycles. The third kappa shape index (κ3) is 3.20. The number of rotatable bonds is 2. The van der Waals surface area contributed by atoms with Crippen LogP contribution in [0.4, 0.5) is 5.82 Å². The van der Waals surface area contributed by atoms with Gasteiger partial charge < -0.3 is 34.4 Å². The molecular weight excluding hydrogens is 329 g/mol. The van der Waals surface area contributed by atoms with Gasteiger partial charge in [-0.2, -0.15) is 0 Å². The standard InChI is InChI=1S/C8H11N3O2S.HI/c1-11-4-5(7(12)13-2)6(9)10-8(11)14-3;/h4,9H,1-3H3;1H. The van der Waals surface area contributed by atoms with Gasteiger partial charge in [0.2, 0.25) is 0 Å². The predicted molar refractivity (Wildman–Crippen MR) is 52.9 cm³/mol. The van der Waals surface area contributed by atoms with Crippen molar-refractivity contribution >= 4 is 23.5 Å². The molecule has 5 nitrogen and oxygen atoms in total. The third-order valence-electron chi connectivity index (χ3n) is 1.70. The SMILES string of the molecule is COC(=O)c1c[n+](C)c(SC)nc1N.[I-]. The minimum Gasteiger partial charge on any atom is -1.00 e. The number of hydrogen-bond donors (Lipinski definition) is 1. The fraction of sp³-hybridized carbons (Fsp3) is 0.375. The van der Waals surface area contributed by atoms with Crippen LogP contribution >= 0.6 is 11.8 Å². The summed E-state index contributed by atoms with van der Waals surface area (Å²) in [7, 11) is 3.11. The van der Waals surface area contributed by atoms with Gasteiger partial charge in [-0.1, -0.05) is 0 Å². The molecule has 0 saturated carbocycles. The first-order valence-electron chi connectivity index (χ1n) is 3.88. The lowest BCUT2D eigenvalue weighted by Gasteiger charge is -2.01. The Morgan fingerprint density at radius 2 is 2.27 bits per heavy atom. The predicted octanol–water partition coefficient (Wildman–Crippen LogP) is -3.00. The van der Waals surface area contributed by atoms with Crippen molar-refractivity contribution in [3.63, 3.8) is 0 Å². The van der Waals surface area contributed by atoms with Crippen molar-refractivity contribution in [1.29, 1.82) is 0 Å². The first-order valence-corrected chi connectivity index (χ1v) is 5.11. The fourth-order valence-electron chi connectivity index (χ4n) is 1.01. The summed E-state index contributed by atoms with van der Waals surface area (Å²) >= 11 is 1.46. The molecule has 1 aromatic heterocycles. The van der Waals surface area contributed by atoms with Gasteiger partial charge in [-0.25, -0.2) is 9.36 Å². The average molecular weight is 341 g/mol. The molecule has 0 saturated heterocycles. The van der Waals surface area contributed by atoms with Crippen molar-refractivity contribution < 1.29 is 38.1 Å². The molecule has 1 aromatic rings. The Labute approximate surface area is 109 Å². The van der Waals surface area contributed by atoms with Gasteiger partial charge in [-0.15, -0.1) is 0 Å². The van der Waals surface area contributed by atoms with Crippen molar-refractivity contribution in [2.75, 3.05) is 19.1 Å². The number of nitrogens with two attached hydrogens (primary N) is 1. The van der Waals surface area contributed by atoms with E-state index in [-0.39, 0.29) is 35.4 Å². The van der Waals surface area contributed by atoms with Crippen LogP contribution in [0.15, 0.2) is 11.4 Å². The van der Waals surface area contributed by atoms with E-state index in [1.165, 1.54) is 18.9 Å². The van der Waals surface area contributed by atoms with Crippen LogP contribution in [0.1, 0.15) is 10.4 Å². The molecule has 15 heavy (non-hydrogen) atoms. The Bertz CT molecular complexity index is 373. The Kier molecular flexibility index (Phi) is 5.88. The maximum absolute atomic E-state index is 11.2. The van der Waals surface area contributed by atoms with E-state index in [0.717, 1.165) is 5.16 Å². The van der Waals surface area contributed by atoms with Crippen LogP contribution in [-0.4, -0.2) is 24.3 Å². The number of methoxy groups -OCH3 is 1. The second-order valence-corrected chi connectivity index (χ2v) is 3.40. The van der Waals surface area contributed by atoms with Crippen LogP contribution < -0.4 is 34.3 Å². The molecule has 0 radical (unpaired) electrons. The summed E-state index contributed by atoms with van der Waals surface area (Å²) < 4.78 is 6.30. The van der Waals surface area contributed by atoms with Gasteiger partial charge >= 0.3 is 11.1 Å². The zero-order valence-corrected chi connectivity index (χ0v) is 11.6. The van der Waals surface area contributed by atoms with Gasteiger partial charge in [0.05, 0.1) is 14.2 Å². The maximum atomic E-state index is 11.2. The Morgan fingerprint density at radius 1 is 1.67 bits per heavy atom. The van der Waals surface area contributed by atoms with E-state index in [1.54, 1.807) is 17.8 Å². The van der Waals surface area contributed by atoms with Gasteiger partial charge in [0.15, 0.2) is 5.56 Å². The molecule has 0 spiro atoms. The van der Waals surface area contributed by atoms with E-state index in [4.69, 9.17) is 5.73 Å². The van der Waals surface area contributed by atoms with Crippen molar-refractivity contribution in [2.24, 2.45) is 7.05 Å². The highest BCUT2D eigenvalue weighted by molar-refractivity contribution is 7.98. The Hall–Kier alpha value is -0.570. The van der Waals surface area contributed by atoms with Gasteiger partial charge in [0.25, 0.3) is 5.82 Å². The number of carbonyl (C=O) groups excluding carboxylic acids is 1. The minimum absolute atomic E-state index is 0. The lowest BCUT2D eigenvalue weighted by atomic mass is 10.3. The summed E-state index contributed by atoms with van der Waals surface area (Å²) in [6, 6.07) is 0. The molecule has 0 atom stereocenters. The van der Waals surface area contributed by atoms with Crippen LogP contribution in [0.3, 0.4) is 0 Å². The number of halogens is 1. The molecule has 0 amide bonds. The summed E-state index contributed by atoms with van der Waals surface area (Å²) in [5.41, 5.74) is 5.89. The zero-order chi connectivity index (χ0) is 10.7. The second-order valence-electron chi connectivity index (χ2n) is 2.63. The number of anilines is 1. The van der Waals surface area contributed by atoms with Gasteiger partial charge in [-0.05, 0) is 23.0 Å². The van der Waals surface area contributed by atoms with Gasteiger partial charge in [0, 0.05) is 0 Å². The van der Waals surface area contributed by atoms with Gasteiger partial charge in [-0.3, -0.25) is 0 Å². The number of thioether (sulfide) groups is 1. The minimum atomic E-state index is -0.474. The highest BCUT2D eigenvalue weighted by Gasteiger charge is 2.20. The number of carbonyl (C=O) groups is 1. The van der Waals surface area contributed by atoms with Gasteiger partial charge in [0.1, 0.15) is 6.20 Å². The first kappa shape index (κ1) is 14.4. The van der Waals surface area contributed by atoms with E-state index >= 15 is 0 Å². The van der Waals surface area contributed by atoms with E-state index in [0.29, 0.717) is 0 Å². The average Bonchev–Trinajstić information content (AvgIpc) is 2.19. The van der Waals surface area contributed by atoms with Crippen molar-refractivity contribution in [2.45, 2.75) is 5.16 Å². The molecule has 84 valence electrons. The maximum Gasteiger partial charge on any atom is 0.361 e. The summed E-state index contributed by atoms with van der Waals surface area (Å²) in [6.07, 6.45) is 3.50. The quantitative estimate of drug-likeness (QED) is 0.204. The van der Waals surface area contributed by atoms with Crippen LogP contribution in [0.25, 0.3) is 0 Å². The van der Waals surface area contributed by atoms with Crippen LogP contribution in [-0.2, 0) is 11.8 Å². The normalized spacial score (nSPS) is 9.27. The number of aryl methyl sites for hydroxylation is 1. The Morgan fingerprint density at radius 3 is 2.73 bits per heavy atom. The molecule has 2 N–H and O–H groups in total. The molecule has 0 aromatic carbocycles. The summed E-state index contributed by atoms with van der Waals surface area (Å²) in [4.78, 5) is 15.3. The molecular formula is C8H12IN3O2S. The molecule has 0 aliphatic rings. The number of esters is 1. The summed E-state index contributed by atoms with van der Waals surface area (Å²) in [5, 5.41) is 0.746. The van der Waals surface area contributed by atoms with Crippen LogP contribution in [0, 0.1) is 0 Å². The van der Waals surface area contributed by atoms with Crippen molar-refractivity contribution in [3.8, 4) is 0 Å². The molecule has 7 heteroatoms. The number of aromatic nitrogens is 2. The number of nitrogens with zero attached hydrogens (tertiary/aromatic N) is 2. The molecule has 0 fully saturated rings. The first-order chi connectivity index (χ1) is 6.60. The molecule has 1 rings (SSSR count). The van der Waals surface area contributed by atoms with E-state index in [1.807, 2.05) is 6.26 Å². The summed E-state index contributed by atoms with van der Waals surface area (Å²) in [5.74, 6) is -0.280.